The van der Waals surface area contributed by atoms with E-state index in [1.165, 1.54) is 0 Å². The van der Waals surface area contributed by atoms with Crippen LogP contribution in [-0.4, -0.2) is 20.5 Å². The standard InChI is InChI=1S/C20H19N3O2/c1-15-19(13-23(2)22-15)20(24)8-5-16-3-6-18(7-4-16)25-14-17-9-11-21-12-10-17/h3-13H,14H2,1-2H3. The lowest BCUT2D eigenvalue weighted by Crippen LogP contribution is -1.95. The maximum absolute atomic E-state index is 12.2. The Labute approximate surface area is 146 Å². The molecule has 0 aliphatic carbocycles. The number of ether oxygens (including phenoxy) is 1. The number of benzene rings is 1. The Morgan fingerprint density at radius 3 is 2.52 bits per heavy atom. The molecule has 0 atom stereocenters. The molecule has 5 heteroatoms. The molecule has 0 aliphatic heterocycles. The molecular formula is C20H19N3O2. The van der Waals surface area contributed by atoms with Crippen molar-refractivity contribution in [3.05, 3.63) is 83.4 Å². The Kier molecular flexibility index (Phi) is 5.04. The maximum Gasteiger partial charge on any atom is 0.189 e. The molecule has 0 bridgehead atoms. The molecule has 0 N–H and O–H groups in total. The Bertz CT molecular complexity index is 881. The van der Waals surface area contributed by atoms with Gasteiger partial charge >= 0.3 is 0 Å². The van der Waals surface area contributed by atoms with Gasteiger partial charge in [0.05, 0.1) is 11.3 Å². The van der Waals surface area contributed by atoms with Gasteiger partial charge in [0.1, 0.15) is 12.4 Å². The quantitative estimate of drug-likeness (QED) is 0.511. The van der Waals surface area contributed by atoms with Gasteiger partial charge in [-0.3, -0.25) is 14.5 Å². The number of hydrogen-bond donors (Lipinski definition) is 0. The van der Waals surface area contributed by atoms with E-state index in [0.717, 1.165) is 22.6 Å². The molecule has 0 spiro atoms. The zero-order chi connectivity index (χ0) is 17.6. The Morgan fingerprint density at radius 1 is 1.16 bits per heavy atom. The second-order valence-electron chi connectivity index (χ2n) is 5.71. The molecule has 2 heterocycles. The van der Waals surface area contributed by atoms with Crippen LogP contribution in [0.1, 0.15) is 27.2 Å². The summed E-state index contributed by atoms with van der Waals surface area (Å²) >= 11 is 0. The van der Waals surface area contributed by atoms with Crippen LogP contribution in [0, 0.1) is 6.92 Å². The molecule has 0 saturated heterocycles. The average Bonchev–Trinajstić information content (AvgIpc) is 2.98. The number of pyridine rings is 1. The summed E-state index contributed by atoms with van der Waals surface area (Å²) in [5.41, 5.74) is 3.36. The van der Waals surface area contributed by atoms with Gasteiger partial charge in [0, 0.05) is 25.6 Å². The molecule has 5 nitrogen and oxygen atoms in total. The first-order valence-electron chi connectivity index (χ1n) is 7.96. The summed E-state index contributed by atoms with van der Waals surface area (Å²) in [4.78, 5) is 16.2. The van der Waals surface area contributed by atoms with E-state index in [0.29, 0.717) is 12.2 Å². The number of rotatable bonds is 6. The Morgan fingerprint density at radius 2 is 1.88 bits per heavy atom. The molecule has 0 radical (unpaired) electrons. The highest BCUT2D eigenvalue weighted by Gasteiger charge is 2.09. The minimum absolute atomic E-state index is 0.0522. The van der Waals surface area contributed by atoms with Crippen molar-refractivity contribution < 1.29 is 9.53 Å². The number of nitrogens with zero attached hydrogens (tertiary/aromatic N) is 3. The van der Waals surface area contributed by atoms with Crippen LogP contribution in [0.2, 0.25) is 0 Å². The van der Waals surface area contributed by atoms with Crippen LogP contribution in [-0.2, 0) is 13.7 Å². The van der Waals surface area contributed by atoms with Crippen LogP contribution in [0.4, 0.5) is 0 Å². The van der Waals surface area contributed by atoms with E-state index < -0.39 is 0 Å². The lowest BCUT2D eigenvalue weighted by atomic mass is 10.1. The van der Waals surface area contributed by atoms with E-state index in [4.69, 9.17) is 4.74 Å². The van der Waals surface area contributed by atoms with E-state index in [1.807, 2.05) is 43.3 Å². The Hall–Kier alpha value is -3.21. The number of carbonyl (C=O) groups is 1. The normalized spacial score (nSPS) is 11.0. The van der Waals surface area contributed by atoms with Crippen molar-refractivity contribution >= 4 is 11.9 Å². The fourth-order valence-electron chi connectivity index (χ4n) is 2.42. The van der Waals surface area contributed by atoms with Gasteiger partial charge in [0.25, 0.3) is 0 Å². The largest absolute Gasteiger partial charge is 0.489 e. The van der Waals surface area contributed by atoms with Crippen LogP contribution < -0.4 is 4.74 Å². The first-order valence-corrected chi connectivity index (χ1v) is 7.96. The number of allylic oxidation sites excluding steroid dienone is 1. The molecule has 2 aromatic heterocycles. The minimum Gasteiger partial charge on any atom is -0.489 e. The predicted molar refractivity (Wildman–Crippen MR) is 96.3 cm³/mol. The third-order valence-electron chi connectivity index (χ3n) is 3.74. The van der Waals surface area contributed by atoms with Crippen molar-refractivity contribution in [3.8, 4) is 5.75 Å². The number of carbonyl (C=O) groups excluding carboxylic acids is 1. The second kappa shape index (κ2) is 7.57. The fraction of sp³-hybridized carbons (Fsp3) is 0.150. The van der Waals surface area contributed by atoms with Crippen LogP contribution >= 0.6 is 0 Å². The molecule has 0 fully saturated rings. The zero-order valence-corrected chi connectivity index (χ0v) is 14.2. The van der Waals surface area contributed by atoms with E-state index in [9.17, 15) is 4.79 Å². The van der Waals surface area contributed by atoms with Gasteiger partial charge in [-0.15, -0.1) is 0 Å². The average molecular weight is 333 g/mol. The molecule has 3 rings (SSSR count). The number of aryl methyl sites for hydroxylation is 2. The molecule has 0 aliphatic rings. The summed E-state index contributed by atoms with van der Waals surface area (Å²) < 4.78 is 7.37. The van der Waals surface area contributed by atoms with Crippen LogP contribution in [0.15, 0.2) is 61.1 Å². The molecule has 25 heavy (non-hydrogen) atoms. The molecular weight excluding hydrogens is 314 g/mol. The van der Waals surface area contributed by atoms with Crippen molar-refractivity contribution in [3.63, 3.8) is 0 Å². The number of hydrogen-bond acceptors (Lipinski definition) is 4. The van der Waals surface area contributed by atoms with Crippen molar-refractivity contribution in [2.24, 2.45) is 7.05 Å². The highest BCUT2D eigenvalue weighted by molar-refractivity contribution is 6.07. The van der Waals surface area contributed by atoms with Crippen molar-refractivity contribution in [1.82, 2.24) is 14.8 Å². The smallest absolute Gasteiger partial charge is 0.189 e. The van der Waals surface area contributed by atoms with E-state index in [2.05, 4.69) is 10.1 Å². The molecule has 0 saturated carbocycles. The minimum atomic E-state index is -0.0522. The summed E-state index contributed by atoms with van der Waals surface area (Å²) in [6, 6.07) is 11.5. The second-order valence-corrected chi connectivity index (χ2v) is 5.71. The third-order valence-corrected chi connectivity index (χ3v) is 3.74. The van der Waals surface area contributed by atoms with E-state index >= 15 is 0 Å². The maximum atomic E-state index is 12.2. The number of aromatic nitrogens is 3. The van der Waals surface area contributed by atoms with Gasteiger partial charge in [-0.05, 0) is 48.4 Å². The highest BCUT2D eigenvalue weighted by Crippen LogP contribution is 2.15. The van der Waals surface area contributed by atoms with Gasteiger partial charge in [-0.25, -0.2) is 0 Å². The highest BCUT2D eigenvalue weighted by atomic mass is 16.5. The summed E-state index contributed by atoms with van der Waals surface area (Å²) in [7, 11) is 1.80. The van der Waals surface area contributed by atoms with Gasteiger partial charge in [-0.1, -0.05) is 18.2 Å². The SMILES string of the molecule is Cc1nn(C)cc1C(=O)C=Cc1ccc(OCc2ccncc2)cc1. The molecule has 3 aromatic rings. The zero-order valence-electron chi connectivity index (χ0n) is 14.2. The van der Waals surface area contributed by atoms with Gasteiger partial charge < -0.3 is 4.74 Å². The lowest BCUT2D eigenvalue weighted by molar-refractivity contribution is 0.104. The summed E-state index contributed by atoms with van der Waals surface area (Å²) in [6.07, 6.45) is 8.58. The van der Waals surface area contributed by atoms with Crippen molar-refractivity contribution in [1.29, 1.82) is 0 Å². The first kappa shape index (κ1) is 16.6. The molecule has 1 aromatic carbocycles. The molecule has 0 amide bonds. The van der Waals surface area contributed by atoms with Crippen molar-refractivity contribution in [2.75, 3.05) is 0 Å². The summed E-state index contributed by atoms with van der Waals surface area (Å²) in [5.74, 6) is 0.729. The topological polar surface area (TPSA) is 57.0 Å². The van der Waals surface area contributed by atoms with Gasteiger partial charge in [0.2, 0.25) is 0 Å². The van der Waals surface area contributed by atoms with Crippen LogP contribution in [0.25, 0.3) is 6.08 Å². The molecule has 0 unspecified atom stereocenters. The predicted octanol–water partition coefficient (Wildman–Crippen LogP) is 3.60. The summed E-state index contributed by atoms with van der Waals surface area (Å²) in [6.45, 7) is 2.33. The van der Waals surface area contributed by atoms with Crippen LogP contribution in [0.5, 0.6) is 5.75 Å². The molecule has 126 valence electrons. The lowest BCUT2D eigenvalue weighted by Gasteiger charge is -2.06. The Balaban J connectivity index is 1.60. The third kappa shape index (κ3) is 4.41. The van der Waals surface area contributed by atoms with Crippen molar-refractivity contribution in [2.45, 2.75) is 13.5 Å². The van der Waals surface area contributed by atoms with Gasteiger partial charge in [0.15, 0.2) is 5.78 Å². The monoisotopic (exact) mass is 333 g/mol. The van der Waals surface area contributed by atoms with E-state index in [1.54, 1.807) is 42.5 Å². The van der Waals surface area contributed by atoms with E-state index in [-0.39, 0.29) is 5.78 Å². The van der Waals surface area contributed by atoms with Crippen LogP contribution in [0.3, 0.4) is 0 Å². The summed E-state index contributed by atoms with van der Waals surface area (Å²) in [5, 5.41) is 4.19. The number of ketones is 1. The van der Waals surface area contributed by atoms with Gasteiger partial charge in [-0.2, -0.15) is 5.10 Å². The fourth-order valence-corrected chi connectivity index (χ4v) is 2.42. The first-order chi connectivity index (χ1) is 12.1.